The van der Waals surface area contributed by atoms with Crippen LogP contribution >= 0.6 is 23.4 Å². The summed E-state index contributed by atoms with van der Waals surface area (Å²) in [6.45, 7) is 3.63. The standard InChI is InChI=1S/C25H20ClNO5S/c1-4-12-32-19-11-10-16(13-18(19)26)14-20-22(28)21(25(30)31-5-2)24(33-20)27-23(29)17-9-7-6-8-15(17)3/h1,6-11,13-14,28H,5,12H2,2-3H3/b20-14-,27-24?. The highest BCUT2D eigenvalue weighted by atomic mass is 35.5. The Labute approximate surface area is 201 Å². The van der Waals surface area contributed by atoms with Gasteiger partial charge in [0.2, 0.25) is 0 Å². The fourth-order valence-electron chi connectivity index (χ4n) is 2.95. The first kappa shape index (κ1) is 24.2. The summed E-state index contributed by atoms with van der Waals surface area (Å²) in [7, 11) is 0. The van der Waals surface area contributed by atoms with Gasteiger partial charge in [-0.2, -0.15) is 0 Å². The highest BCUT2D eigenvalue weighted by Gasteiger charge is 2.34. The maximum absolute atomic E-state index is 12.8. The smallest absolute Gasteiger partial charge is 0.344 e. The third-order valence-corrected chi connectivity index (χ3v) is 5.83. The Bertz CT molecular complexity index is 1240. The second kappa shape index (κ2) is 10.9. The molecular formula is C25H20ClNO5S. The van der Waals surface area contributed by atoms with Crippen LogP contribution in [0.3, 0.4) is 0 Å². The van der Waals surface area contributed by atoms with Gasteiger partial charge in [0.15, 0.2) is 0 Å². The van der Waals surface area contributed by atoms with E-state index in [-0.39, 0.29) is 29.6 Å². The van der Waals surface area contributed by atoms with E-state index >= 15 is 0 Å². The van der Waals surface area contributed by atoms with E-state index < -0.39 is 11.9 Å². The van der Waals surface area contributed by atoms with Crippen molar-refractivity contribution in [3.63, 3.8) is 0 Å². The Morgan fingerprint density at radius 2 is 2.03 bits per heavy atom. The minimum Gasteiger partial charge on any atom is -0.506 e. The number of aliphatic hydroxyl groups excluding tert-OH is 1. The van der Waals surface area contributed by atoms with Gasteiger partial charge >= 0.3 is 5.97 Å². The zero-order valence-electron chi connectivity index (χ0n) is 17.9. The minimum absolute atomic E-state index is 0.0607. The molecule has 0 fully saturated rings. The van der Waals surface area contributed by atoms with E-state index in [2.05, 4.69) is 10.9 Å². The lowest BCUT2D eigenvalue weighted by molar-refractivity contribution is -0.138. The quantitative estimate of drug-likeness (QED) is 0.441. The van der Waals surface area contributed by atoms with Gasteiger partial charge in [-0.1, -0.05) is 53.5 Å². The summed E-state index contributed by atoms with van der Waals surface area (Å²) in [5.74, 6) is 1.18. The first-order valence-corrected chi connectivity index (χ1v) is 11.1. The molecule has 0 spiro atoms. The number of nitrogens with zero attached hydrogens (tertiary/aromatic N) is 1. The van der Waals surface area contributed by atoms with Crippen LogP contribution in [0.25, 0.3) is 6.08 Å². The molecule has 0 atom stereocenters. The average molecular weight is 482 g/mol. The van der Waals surface area contributed by atoms with Crippen molar-refractivity contribution in [3.05, 3.63) is 80.4 Å². The van der Waals surface area contributed by atoms with E-state index in [4.69, 9.17) is 27.5 Å². The number of thioether (sulfide) groups is 1. The summed E-state index contributed by atoms with van der Waals surface area (Å²) in [6.07, 6.45) is 6.82. The highest BCUT2D eigenvalue weighted by Crippen LogP contribution is 2.40. The molecule has 1 aliphatic rings. The van der Waals surface area contributed by atoms with Gasteiger partial charge in [-0.15, -0.1) is 6.42 Å². The van der Waals surface area contributed by atoms with Gasteiger partial charge in [-0.05, 0) is 49.2 Å². The number of hydrogen-bond acceptors (Lipinski definition) is 6. The third kappa shape index (κ3) is 5.67. The van der Waals surface area contributed by atoms with Crippen molar-refractivity contribution in [1.29, 1.82) is 0 Å². The van der Waals surface area contributed by atoms with Gasteiger partial charge in [0, 0.05) is 5.56 Å². The molecule has 2 aromatic carbocycles. The molecule has 8 heteroatoms. The molecule has 2 aromatic rings. The Hall–Kier alpha value is -3.47. The van der Waals surface area contributed by atoms with Crippen LogP contribution in [0.4, 0.5) is 0 Å². The largest absolute Gasteiger partial charge is 0.506 e. The first-order chi connectivity index (χ1) is 15.8. The number of terminal acetylenes is 1. The van der Waals surface area contributed by atoms with Crippen molar-refractivity contribution in [2.45, 2.75) is 13.8 Å². The minimum atomic E-state index is -0.765. The van der Waals surface area contributed by atoms with Crippen molar-refractivity contribution in [2.24, 2.45) is 4.99 Å². The molecule has 1 aliphatic heterocycles. The summed E-state index contributed by atoms with van der Waals surface area (Å²) < 4.78 is 10.4. The maximum atomic E-state index is 12.8. The number of aliphatic hydroxyl groups is 1. The second-order valence-corrected chi connectivity index (χ2v) is 8.21. The predicted molar refractivity (Wildman–Crippen MR) is 131 cm³/mol. The van der Waals surface area contributed by atoms with Crippen LogP contribution in [0.15, 0.2) is 63.7 Å². The van der Waals surface area contributed by atoms with Crippen LogP contribution in [0, 0.1) is 19.3 Å². The molecule has 0 aliphatic carbocycles. The SMILES string of the molecule is C#CCOc1ccc(/C=C2\SC(=NC(=O)c3ccccc3C)C(C(=O)OCC)=C2O)cc1Cl. The summed E-state index contributed by atoms with van der Waals surface area (Å²) >= 11 is 7.23. The molecule has 168 valence electrons. The monoisotopic (exact) mass is 481 g/mol. The van der Waals surface area contributed by atoms with Gasteiger partial charge in [0.25, 0.3) is 5.91 Å². The zero-order chi connectivity index (χ0) is 24.0. The normalized spacial score (nSPS) is 15.6. The Morgan fingerprint density at radius 1 is 1.27 bits per heavy atom. The van der Waals surface area contributed by atoms with Crippen molar-refractivity contribution >= 4 is 46.4 Å². The lowest BCUT2D eigenvalue weighted by atomic mass is 10.1. The van der Waals surface area contributed by atoms with Crippen LogP contribution in [0.2, 0.25) is 5.02 Å². The van der Waals surface area contributed by atoms with E-state index in [1.807, 2.05) is 6.07 Å². The Kier molecular flexibility index (Phi) is 7.99. The van der Waals surface area contributed by atoms with Gasteiger partial charge < -0.3 is 14.6 Å². The summed E-state index contributed by atoms with van der Waals surface area (Å²) in [6, 6.07) is 12.0. The molecule has 1 heterocycles. The predicted octanol–water partition coefficient (Wildman–Crippen LogP) is 5.36. The fraction of sp³-hybridized carbons (Fsp3) is 0.160. The molecule has 33 heavy (non-hydrogen) atoms. The van der Waals surface area contributed by atoms with E-state index in [9.17, 15) is 14.7 Å². The van der Waals surface area contributed by atoms with Crippen molar-refractivity contribution in [3.8, 4) is 18.1 Å². The van der Waals surface area contributed by atoms with Gasteiger partial charge in [0.05, 0.1) is 16.5 Å². The number of rotatable bonds is 6. The number of aryl methyl sites for hydroxylation is 1. The molecule has 0 unspecified atom stereocenters. The van der Waals surface area contributed by atoms with Gasteiger partial charge in [0.1, 0.15) is 28.7 Å². The molecule has 0 bridgehead atoms. The van der Waals surface area contributed by atoms with Crippen molar-refractivity contribution in [2.75, 3.05) is 13.2 Å². The number of carbonyl (C=O) groups is 2. The summed E-state index contributed by atoms with van der Waals surface area (Å²) in [5.41, 5.74) is 1.63. The fourth-order valence-corrected chi connectivity index (χ4v) is 4.21. The molecular weight excluding hydrogens is 462 g/mol. The number of halogens is 1. The van der Waals surface area contributed by atoms with Crippen LogP contribution in [0.5, 0.6) is 5.75 Å². The van der Waals surface area contributed by atoms with Crippen LogP contribution < -0.4 is 4.74 Å². The van der Waals surface area contributed by atoms with Gasteiger partial charge in [-0.25, -0.2) is 9.79 Å². The summed E-state index contributed by atoms with van der Waals surface area (Å²) in [4.78, 5) is 29.7. The third-order valence-electron chi connectivity index (χ3n) is 4.51. The van der Waals surface area contributed by atoms with E-state index in [1.54, 1.807) is 56.3 Å². The zero-order valence-corrected chi connectivity index (χ0v) is 19.5. The topological polar surface area (TPSA) is 85.2 Å². The number of carbonyl (C=O) groups excluding carboxylic acids is 2. The van der Waals surface area contributed by atoms with Crippen LogP contribution in [-0.4, -0.2) is 35.2 Å². The Morgan fingerprint density at radius 3 is 2.70 bits per heavy atom. The molecule has 6 nitrogen and oxygen atoms in total. The number of aliphatic imine (C=N–C) groups is 1. The number of amides is 1. The lowest BCUT2D eigenvalue weighted by Gasteiger charge is -2.06. The van der Waals surface area contributed by atoms with Crippen molar-refractivity contribution in [1.82, 2.24) is 0 Å². The van der Waals surface area contributed by atoms with E-state index in [0.717, 1.165) is 17.3 Å². The number of esters is 1. The van der Waals surface area contributed by atoms with Crippen LogP contribution in [-0.2, 0) is 9.53 Å². The molecule has 3 rings (SSSR count). The molecule has 0 radical (unpaired) electrons. The number of ether oxygens (including phenoxy) is 2. The summed E-state index contributed by atoms with van der Waals surface area (Å²) in [5, 5.41) is 11.2. The highest BCUT2D eigenvalue weighted by molar-refractivity contribution is 8.18. The second-order valence-electron chi connectivity index (χ2n) is 6.77. The molecule has 0 aromatic heterocycles. The van der Waals surface area contributed by atoms with E-state index in [1.165, 1.54) is 0 Å². The molecule has 1 amide bonds. The van der Waals surface area contributed by atoms with Crippen LogP contribution in [0.1, 0.15) is 28.4 Å². The van der Waals surface area contributed by atoms with E-state index in [0.29, 0.717) is 26.8 Å². The molecule has 1 N–H and O–H groups in total. The first-order valence-electron chi connectivity index (χ1n) is 9.90. The number of hydrogen-bond donors (Lipinski definition) is 1. The molecule has 0 saturated heterocycles. The van der Waals surface area contributed by atoms with Crippen molar-refractivity contribution < 1.29 is 24.2 Å². The average Bonchev–Trinajstić information content (AvgIpc) is 3.08. The Balaban J connectivity index is 1.99. The molecule has 0 saturated carbocycles. The van der Waals surface area contributed by atoms with Gasteiger partial charge in [-0.3, -0.25) is 4.79 Å². The maximum Gasteiger partial charge on any atom is 0.344 e. The lowest BCUT2D eigenvalue weighted by Crippen LogP contribution is -2.14. The number of benzene rings is 2.